The van der Waals surface area contributed by atoms with E-state index in [9.17, 15) is 0 Å². The van der Waals surface area contributed by atoms with Crippen molar-refractivity contribution in [3.63, 3.8) is 0 Å². The second-order valence-corrected chi connectivity index (χ2v) is 5.15. The summed E-state index contributed by atoms with van der Waals surface area (Å²) in [4.78, 5) is 2.43. The van der Waals surface area contributed by atoms with Gasteiger partial charge in [0.05, 0.1) is 4.88 Å². The molecule has 0 aliphatic rings. The van der Waals surface area contributed by atoms with Crippen molar-refractivity contribution in [2.75, 3.05) is 0 Å². The predicted octanol–water partition coefficient (Wildman–Crippen LogP) is 3.78. The van der Waals surface area contributed by atoms with Crippen LogP contribution in [0.15, 0.2) is 12.1 Å². The Morgan fingerprint density at radius 3 is 2.40 bits per heavy atom. The summed E-state index contributed by atoms with van der Waals surface area (Å²) < 4.78 is 0. The molecule has 0 aliphatic carbocycles. The normalized spacial score (nSPS) is 10.7. The molecule has 0 fully saturated rings. The largest absolute Gasteiger partial charge is 0.154 e. The molecule has 2 aromatic rings. The zero-order chi connectivity index (χ0) is 11.0. The number of hydrogen-bond donors (Lipinski definition) is 0. The van der Waals surface area contributed by atoms with E-state index in [-0.39, 0.29) is 0 Å². The minimum absolute atomic E-state index is 0.490. The van der Waals surface area contributed by atoms with Crippen LogP contribution < -0.4 is 0 Å². The number of thiophene rings is 1. The molecule has 0 atom stereocenters. The van der Waals surface area contributed by atoms with E-state index in [1.54, 1.807) is 11.3 Å². The van der Waals surface area contributed by atoms with Crippen molar-refractivity contribution in [1.29, 1.82) is 0 Å². The van der Waals surface area contributed by atoms with Gasteiger partial charge in [0.1, 0.15) is 5.69 Å². The highest BCUT2D eigenvalue weighted by atomic mass is 35.5. The van der Waals surface area contributed by atoms with Gasteiger partial charge in [-0.2, -0.15) is 0 Å². The third-order valence-electron chi connectivity index (χ3n) is 2.44. The monoisotopic (exact) mass is 238 g/mol. The zero-order valence-corrected chi connectivity index (χ0v) is 10.4. The van der Waals surface area contributed by atoms with Crippen LogP contribution in [0, 0.1) is 20.8 Å². The van der Waals surface area contributed by atoms with Crippen molar-refractivity contribution < 1.29 is 0 Å². The summed E-state index contributed by atoms with van der Waals surface area (Å²) in [5.41, 5.74) is 3.06. The van der Waals surface area contributed by atoms with E-state index in [4.69, 9.17) is 11.6 Å². The van der Waals surface area contributed by atoms with E-state index < -0.39 is 0 Å². The van der Waals surface area contributed by atoms with E-state index in [2.05, 4.69) is 29.3 Å². The predicted molar refractivity (Wildman–Crippen MR) is 64.6 cm³/mol. The highest BCUT2D eigenvalue weighted by molar-refractivity contribution is 7.15. The van der Waals surface area contributed by atoms with Gasteiger partial charge >= 0.3 is 0 Å². The lowest BCUT2D eigenvalue weighted by molar-refractivity contribution is 1.01. The zero-order valence-electron chi connectivity index (χ0n) is 8.84. The fourth-order valence-electron chi connectivity index (χ4n) is 1.37. The van der Waals surface area contributed by atoms with Gasteiger partial charge in [0, 0.05) is 4.88 Å². The maximum absolute atomic E-state index is 5.91. The topological polar surface area (TPSA) is 25.8 Å². The first-order chi connectivity index (χ1) is 7.09. The number of aryl methyl sites for hydroxylation is 1. The van der Waals surface area contributed by atoms with Gasteiger partial charge in [-0.25, -0.2) is 0 Å². The minimum atomic E-state index is 0.490. The fraction of sp³-hybridized carbons (Fsp3) is 0.273. The molecule has 0 unspecified atom stereocenters. The molecule has 0 N–H and O–H groups in total. The number of hydrogen-bond acceptors (Lipinski definition) is 3. The molecule has 0 saturated carbocycles. The average molecular weight is 239 g/mol. The average Bonchev–Trinajstić information content (AvgIpc) is 2.61. The van der Waals surface area contributed by atoms with Crippen LogP contribution in [0.25, 0.3) is 10.6 Å². The third kappa shape index (κ3) is 1.90. The van der Waals surface area contributed by atoms with E-state index in [0.29, 0.717) is 5.15 Å². The number of halogens is 1. The Morgan fingerprint density at radius 1 is 1.07 bits per heavy atom. The van der Waals surface area contributed by atoms with E-state index in [1.807, 2.05) is 13.8 Å². The Labute approximate surface area is 97.9 Å². The second-order valence-electron chi connectivity index (χ2n) is 3.50. The third-order valence-corrected chi connectivity index (χ3v) is 3.81. The van der Waals surface area contributed by atoms with Crippen molar-refractivity contribution in [2.24, 2.45) is 0 Å². The maximum Gasteiger partial charge on any atom is 0.154 e. The SMILES string of the molecule is Cc1ccc(-c2nnc(Cl)c(C)c2C)s1. The van der Waals surface area contributed by atoms with Crippen LogP contribution >= 0.6 is 22.9 Å². The number of rotatable bonds is 1. The summed E-state index contributed by atoms with van der Waals surface area (Å²) in [6, 6.07) is 4.16. The molecule has 0 amide bonds. The highest BCUT2D eigenvalue weighted by Crippen LogP contribution is 2.30. The van der Waals surface area contributed by atoms with Crippen molar-refractivity contribution >= 4 is 22.9 Å². The van der Waals surface area contributed by atoms with Gasteiger partial charge in [0.15, 0.2) is 5.15 Å². The Bertz CT molecular complexity index is 505. The molecular formula is C11H11ClN2S. The van der Waals surface area contributed by atoms with Crippen LogP contribution in [-0.2, 0) is 0 Å². The van der Waals surface area contributed by atoms with Gasteiger partial charge < -0.3 is 0 Å². The lowest BCUT2D eigenvalue weighted by Gasteiger charge is -2.05. The van der Waals surface area contributed by atoms with E-state index >= 15 is 0 Å². The van der Waals surface area contributed by atoms with E-state index in [1.165, 1.54) is 4.88 Å². The summed E-state index contributed by atoms with van der Waals surface area (Å²) in [5.74, 6) is 0. The lowest BCUT2D eigenvalue weighted by atomic mass is 10.1. The van der Waals surface area contributed by atoms with Crippen molar-refractivity contribution in [2.45, 2.75) is 20.8 Å². The van der Waals surface area contributed by atoms with Gasteiger partial charge in [-0.3, -0.25) is 0 Å². The molecule has 4 heteroatoms. The van der Waals surface area contributed by atoms with Gasteiger partial charge in [-0.1, -0.05) is 11.6 Å². The van der Waals surface area contributed by atoms with Gasteiger partial charge in [-0.05, 0) is 44.0 Å². The molecule has 0 saturated heterocycles. The van der Waals surface area contributed by atoms with Crippen molar-refractivity contribution in [3.05, 3.63) is 33.3 Å². The Hall–Kier alpha value is -0.930. The van der Waals surface area contributed by atoms with Crippen LogP contribution in [0.3, 0.4) is 0 Å². The molecule has 15 heavy (non-hydrogen) atoms. The summed E-state index contributed by atoms with van der Waals surface area (Å²) in [6.45, 7) is 6.08. The first-order valence-electron chi connectivity index (χ1n) is 4.66. The molecule has 0 radical (unpaired) electrons. The quantitative estimate of drug-likeness (QED) is 0.756. The smallest absolute Gasteiger partial charge is 0.148 e. The Balaban J connectivity index is 2.59. The fourth-order valence-corrected chi connectivity index (χ4v) is 2.46. The molecule has 0 spiro atoms. The molecule has 0 aliphatic heterocycles. The molecule has 2 aromatic heterocycles. The van der Waals surface area contributed by atoms with Crippen LogP contribution in [0.4, 0.5) is 0 Å². The molecule has 0 bridgehead atoms. The second kappa shape index (κ2) is 3.91. The van der Waals surface area contributed by atoms with Gasteiger partial charge in [0.2, 0.25) is 0 Å². The first kappa shape index (κ1) is 10.6. The van der Waals surface area contributed by atoms with Crippen molar-refractivity contribution in [3.8, 4) is 10.6 Å². The van der Waals surface area contributed by atoms with E-state index in [0.717, 1.165) is 21.7 Å². The lowest BCUT2D eigenvalue weighted by Crippen LogP contribution is -1.95. The maximum atomic E-state index is 5.91. The molecule has 78 valence electrons. The summed E-state index contributed by atoms with van der Waals surface area (Å²) in [6.07, 6.45) is 0. The molecule has 2 rings (SSSR count). The minimum Gasteiger partial charge on any atom is -0.148 e. The number of aromatic nitrogens is 2. The van der Waals surface area contributed by atoms with Crippen LogP contribution in [0.2, 0.25) is 5.15 Å². The Kier molecular flexibility index (Phi) is 2.76. The number of nitrogens with zero attached hydrogens (tertiary/aromatic N) is 2. The Morgan fingerprint density at radius 2 is 1.80 bits per heavy atom. The molecular weight excluding hydrogens is 228 g/mol. The standard InChI is InChI=1S/C11H11ClN2S/c1-6-4-5-9(15-6)10-7(2)8(3)11(12)14-13-10/h4-5H,1-3H3. The summed E-state index contributed by atoms with van der Waals surface area (Å²) in [5, 5.41) is 8.59. The van der Waals surface area contributed by atoms with Crippen LogP contribution in [-0.4, -0.2) is 10.2 Å². The molecule has 0 aromatic carbocycles. The van der Waals surface area contributed by atoms with Gasteiger partial charge in [-0.15, -0.1) is 21.5 Å². The molecule has 2 nitrogen and oxygen atoms in total. The molecule has 2 heterocycles. The highest BCUT2D eigenvalue weighted by Gasteiger charge is 2.11. The van der Waals surface area contributed by atoms with Crippen LogP contribution in [0.5, 0.6) is 0 Å². The first-order valence-corrected chi connectivity index (χ1v) is 5.85. The van der Waals surface area contributed by atoms with Crippen LogP contribution in [0.1, 0.15) is 16.0 Å². The summed E-state index contributed by atoms with van der Waals surface area (Å²) in [7, 11) is 0. The van der Waals surface area contributed by atoms with Gasteiger partial charge in [0.25, 0.3) is 0 Å². The van der Waals surface area contributed by atoms with Crippen molar-refractivity contribution in [1.82, 2.24) is 10.2 Å². The summed E-state index contributed by atoms with van der Waals surface area (Å²) >= 11 is 7.63.